The van der Waals surface area contributed by atoms with Crippen molar-refractivity contribution in [2.45, 2.75) is 0 Å². The SMILES string of the molecule is c1cc(-c2ccc3sc4c(-n5c6ccccc6c6cc(-n7c8ccccc8c8ccccc87)ccc65)nccc4c3c2)cc(-c2ccc3c4ccccc4c4ccccc4c3c2)c1. The summed E-state index contributed by atoms with van der Waals surface area (Å²) in [5, 5.41) is 15.2. The molecule has 0 amide bonds. The predicted molar refractivity (Wildman–Crippen MR) is 269 cm³/mol. The van der Waals surface area contributed by atoms with E-state index < -0.39 is 0 Å². The Hall–Kier alpha value is -8.05. The Labute approximate surface area is 365 Å². The highest BCUT2D eigenvalue weighted by molar-refractivity contribution is 7.26. The van der Waals surface area contributed by atoms with E-state index in [1.165, 1.54) is 107 Å². The van der Waals surface area contributed by atoms with E-state index in [0.29, 0.717) is 0 Å². The number of para-hydroxylation sites is 3. The minimum atomic E-state index is 0.963. The fraction of sp³-hybridized carbons (Fsp3) is 0. The second-order valence-electron chi connectivity index (χ2n) is 16.7. The summed E-state index contributed by atoms with van der Waals surface area (Å²) in [4.78, 5) is 5.15. The predicted octanol–water partition coefficient (Wildman–Crippen LogP) is 16.4. The molecule has 0 N–H and O–H groups in total. The van der Waals surface area contributed by atoms with E-state index in [0.717, 1.165) is 22.5 Å². The van der Waals surface area contributed by atoms with Crippen LogP contribution < -0.4 is 0 Å². The zero-order chi connectivity index (χ0) is 41.2. The van der Waals surface area contributed by atoms with Gasteiger partial charge in [0.15, 0.2) is 5.82 Å². The molecule has 0 atom stereocenters. The van der Waals surface area contributed by atoms with Gasteiger partial charge < -0.3 is 4.57 Å². The summed E-state index contributed by atoms with van der Waals surface area (Å²) in [6, 6.07) is 75.8. The van der Waals surface area contributed by atoms with Crippen LogP contribution in [0.15, 0.2) is 212 Å². The third-order valence-corrected chi connectivity index (χ3v) is 14.5. The Morgan fingerprint density at radius 3 is 1.44 bits per heavy atom. The summed E-state index contributed by atoms with van der Waals surface area (Å²) in [5.41, 5.74) is 10.7. The first-order valence-electron chi connectivity index (χ1n) is 21.5. The van der Waals surface area contributed by atoms with Crippen molar-refractivity contribution in [1.82, 2.24) is 14.1 Å². The van der Waals surface area contributed by atoms with E-state index >= 15 is 0 Å². The maximum absolute atomic E-state index is 5.15. The van der Waals surface area contributed by atoms with Gasteiger partial charge >= 0.3 is 0 Å². The highest BCUT2D eigenvalue weighted by Gasteiger charge is 2.20. The summed E-state index contributed by atoms with van der Waals surface area (Å²) in [5.74, 6) is 0.963. The van der Waals surface area contributed by atoms with Crippen LogP contribution in [0, 0.1) is 0 Å². The molecule has 14 aromatic rings. The van der Waals surface area contributed by atoms with Gasteiger partial charge in [0.05, 0.1) is 26.8 Å². The number of rotatable bonds is 4. The molecule has 0 aliphatic carbocycles. The van der Waals surface area contributed by atoms with Gasteiger partial charge in [0, 0.05) is 48.9 Å². The third-order valence-electron chi connectivity index (χ3n) is 13.3. The molecule has 0 radical (unpaired) electrons. The summed E-state index contributed by atoms with van der Waals surface area (Å²) in [6.07, 6.45) is 1.98. The molecule has 0 aliphatic rings. The van der Waals surface area contributed by atoms with Crippen molar-refractivity contribution in [3.63, 3.8) is 0 Å². The monoisotopic (exact) mass is 817 g/mol. The van der Waals surface area contributed by atoms with Gasteiger partial charge in [-0.15, -0.1) is 11.3 Å². The summed E-state index contributed by atoms with van der Waals surface area (Å²) >= 11 is 1.83. The maximum Gasteiger partial charge on any atom is 0.155 e. The lowest BCUT2D eigenvalue weighted by Gasteiger charge is -2.12. The fourth-order valence-electron chi connectivity index (χ4n) is 10.5. The molecule has 4 aromatic heterocycles. The molecule has 4 heterocycles. The van der Waals surface area contributed by atoms with E-state index in [9.17, 15) is 0 Å². The first kappa shape index (κ1) is 34.6. The lowest BCUT2D eigenvalue weighted by molar-refractivity contribution is 1.10. The molecule has 0 aliphatic heterocycles. The van der Waals surface area contributed by atoms with Crippen molar-refractivity contribution in [3.05, 3.63) is 212 Å². The van der Waals surface area contributed by atoms with E-state index in [1.807, 2.05) is 17.5 Å². The van der Waals surface area contributed by atoms with Crippen LogP contribution in [0.2, 0.25) is 0 Å². The molecule has 3 nitrogen and oxygen atoms in total. The van der Waals surface area contributed by atoms with Gasteiger partial charge in [-0.2, -0.15) is 0 Å². The van der Waals surface area contributed by atoms with Gasteiger partial charge in [-0.3, -0.25) is 4.57 Å². The van der Waals surface area contributed by atoms with E-state index in [1.54, 1.807) is 0 Å². The lowest BCUT2D eigenvalue weighted by Crippen LogP contribution is -1.98. The molecule has 63 heavy (non-hydrogen) atoms. The summed E-state index contributed by atoms with van der Waals surface area (Å²) < 4.78 is 7.21. The minimum absolute atomic E-state index is 0.963. The number of thiophene rings is 1. The van der Waals surface area contributed by atoms with Crippen LogP contribution in [0.3, 0.4) is 0 Å². The number of hydrogen-bond donors (Lipinski definition) is 0. The van der Waals surface area contributed by atoms with Gasteiger partial charge in [0.25, 0.3) is 0 Å². The fourth-order valence-corrected chi connectivity index (χ4v) is 11.7. The molecule has 14 rings (SSSR count). The van der Waals surface area contributed by atoms with Crippen LogP contribution in [0.1, 0.15) is 0 Å². The molecule has 292 valence electrons. The van der Waals surface area contributed by atoms with Crippen molar-refractivity contribution < 1.29 is 0 Å². The normalized spacial score (nSPS) is 12.1. The average Bonchev–Trinajstić information content (AvgIpc) is 4.01. The first-order chi connectivity index (χ1) is 31.2. The van der Waals surface area contributed by atoms with E-state index in [2.05, 4.69) is 215 Å². The topological polar surface area (TPSA) is 22.8 Å². The largest absolute Gasteiger partial charge is 0.309 e. The van der Waals surface area contributed by atoms with Crippen molar-refractivity contribution in [3.8, 4) is 33.8 Å². The zero-order valence-electron chi connectivity index (χ0n) is 34.0. The van der Waals surface area contributed by atoms with Crippen molar-refractivity contribution >= 4 is 107 Å². The molecule has 0 saturated heterocycles. The number of benzene rings is 10. The number of aromatic nitrogens is 3. The van der Waals surface area contributed by atoms with E-state index in [4.69, 9.17) is 4.98 Å². The van der Waals surface area contributed by atoms with Gasteiger partial charge in [-0.25, -0.2) is 4.98 Å². The standard InChI is InChI=1S/C59H35N3S/c1-2-16-43-41(14-1)42-15-3-4-17-44(42)50-33-38(24-27-45(43)50)36-12-11-13-37(32-36)39-25-29-57-52(34-39)49-30-31-60-59(58(49)63-57)62-55-23-10-7-20-48(55)51-35-40(26-28-56(51)62)61-53-21-8-5-18-46(53)47-19-6-9-22-54(47)61/h1-35H. The van der Waals surface area contributed by atoms with Gasteiger partial charge in [-0.1, -0.05) is 140 Å². The van der Waals surface area contributed by atoms with Crippen LogP contribution in [-0.2, 0) is 0 Å². The molecule has 0 unspecified atom stereocenters. The quantitative estimate of drug-likeness (QED) is 0.162. The number of hydrogen-bond acceptors (Lipinski definition) is 2. The highest BCUT2D eigenvalue weighted by atomic mass is 32.1. The van der Waals surface area contributed by atoms with Crippen molar-refractivity contribution in [2.24, 2.45) is 0 Å². The lowest BCUT2D eigenvalue weighted by atomic mass is 9.91. The van der Waals surface area contributed by atoms with Gasteiger partial charge in [0.1, 0.15) is 0 Å². The Morgan fingerprint density at radius 2 is 0.794 bits per heavy atom. The van der Waals surface area contributed by atoms with Crippen LogP contribution in [-0.4, -0.2) is 14.1 Å². The Bertz CT molecular complexity index is 4130. The molecule has 0 spiro atoms. The molecular formula is C59H35N3S. The molecule has 0 fully saturated rings. The minimum Gasteiger partial charge on any atom is -0.309 e. The third kappa shape index (κ3) is 5.04. The van der Waals surface area contributed by atoms with Gasteiger partial charge in [0.2, 0.25) is 0 Å². The second kappa shape index (κ2) is 13.2. The van der Waals surface area contributed by atoms with Crippen molar-refractivity contribution in [2.75, 3.05) is 0 Å². The second-order valence-corrected chi connectivity index (χ2v) is 17.7. The first-order valence-corrected chi connectivity index (χ1v) is 22.3. The van der Waals surface area contributed by atoms with Crippen LogP contribution in [0.4, 0.5) is 0 Å². The summed E-state index contributed by atoms with van der Waals surface area (Å²) in [7, 11) is 0. The highest BCUT2D eigenvalue weighted by Crippen LogP contribution is 2.43. The molecular weight excluding hydrogens is 783 g/mol. The number of fused-ring (bicyclic) bond motifs is 15. The van der Waals surface area contributed by atoms with E-state index in [-0.39, 0.29) is 0 Å². The molecule has 10 aromatic carbocycles. The van der Waals surface area contributed by atoms with Crippen LogP contribution in [0.5, 0.6) is 0 Å². The van der Waals surface area contributed by atoms with Crippen LogP contribution >= 0.6 is 11.3 Å². The smallest absolute Gasteiger partial charge is 0.155 e. The number of pyridine rings is 1. The average molecular weight is 818 g/mol. The van der Waals surface area contributed by atoms with Gasteiger partial charge in [-0.05, 0) is 121 Å². The number of nitrogens with zero attached hydrogens (tertiary/aromatic N) is 3. The zero-order valence-corrected chi connectivity index (χ0v) is 34.8. The Kier molecular flexibility index (Phi) is 7.27. The molecule has 0 bridgehead atoms. The van der Waals surface area contributed by atoms with Crippen molar-refractivity contribution in [1.29, 1.82) is 0 Å². The Morgan fingerprint density at radius 1 is 0.302 bits per heavy atom. The molecule has 4 heteroatoms. The maximum atomic E-state index is 5.15. The molecule has 0 saturated carbocycles. The summed E-state index contributed by atoms with van der Waals surface area (Å²) in [6.45, 7) is 0. The Balaban J connectivity index is 0.895. The van der Waals surface area contributed by atoms with Crippen LogP contribution in [0.25, 0.3) is 130 Å².